The minimum absolute atomic E-state index is 0.119. The molecule has 0 saturated carbocycles. The van der Waals surface area contributed by atoms with Crippen LogP contribution >= 0.6 is 0 Å². The summed E-state index contributed by atoms with van der Waals surface area (Å²) in [6.07, 6.45) is 1.67. The predicted molar refractivity (Wildman–Crippen MR) is 69.4 cm³/mol. The van der Waals surface area contributed by atoms with Gasteiger partial charge < -0.3 is 5.32 Å². The third kappa shape index (κ3) is 3.60. The molecule has 1 aromatic heterocycles. The van der Waals surface area contributed by atoms with E-state index in [9.17, 15) is 8.42 Å². The largest absolute Gasteiger partial charge is 0.307 e. The average molecular weight is 281 g/mol. The second-order valence-electron chi connectivity index (χ2n) is 4.14. The molecule has 0 unspecified atom stereocenters. The van der Waals surface area contributed by atoms with Gasteiger partial charge in [-0.3, -0.25) is 4.68 Å². The molecular weight excluding hydrogens is 266 g/mol. The molecule has 8 heteroatoms. The Hall–Kier alpha value is -1.77. The highest BCUT2D eigenvalue weighted by atomic mass is 32.2. The second kappa shape index (κ2) is 5.47. The van der Waals surface area contributed by atoms with Crippen molar-refractivity contribution >= 4 is 10.0 Å². The summed E-state index contributed by atoms with van der Waals surface area (Å²) in [4.78, 5) is 0.119. The van der Waals surface area contributed by atoms with E-state index < -0.39 is 10.0 Å². The second-order valence-corrected chi connectivity index (χ2v) is 5.71. The van der Waals surface area contributed by atoms with Crippen molar-refractivity contribution in [2.45, 2.75) is 18.0 Å². The number of nitrogens with one attached hydrogen (secondary N) is 1. The lowest BCUT2D eigenvalue weighted by Crippen LogP contribution is -2.16. The Labute approximate surface area is 111 Å². The highest BCUT2D eigenvalue weighted by Gasteiger charge is 2.07. The summed E-state index contributed by atoms with van der Waals surface area (Å²) in [5, 5.41) is 15.9. The number of sulfonamides is 1. The van der Waals surface area contributed by atoms with Crippen molar-refractivity contribution in [3.05, 3.63) is 41.7 Å². The van der Waals surface area contributed by atoms with Gasteiger partial charge in [-0.25, -0.2) is 13.6 Å². The Morgan fingerprint density at radius 3 is 2.79 bits per heavy atom. The van der Waals surface area contributed by atoms with Gasteiger partial charge in [0.25, 0.3) is 0 Å². The number of hydrogen-bond acceptors (Lipinski definition) is 5. The molecule has 0 aliphatic carbocycles. The molecule has 7 nitrogen and oxygen atoms in total. The molecule has 0 aliphatic rings. The summed E-state index contributed by atoms with van der Waals surface area (Å²) in [6, 6.07) is 6.54. The normalized spacial score (nSPS) is 11.7. The highest BCUT2D eigenvalue weighted by molar-refractivity contribution is 7.89. The molecular formula is C11H15N5O2S. The summed E-state index contributed by atoms with van der Waals surface area (Å²) in [6.45, 7) is 1.14. The fraction of sp³-hybridized carbons (Fsp3) is 0.273. The molecule has 0 fully saturated rings. The number of benzene rings is 1. The lowest BCUT2D eigenvalue weighted by molar-refractivity contribution is 0.597. The van der Waals surface area contributed by atoms with Crippen LogP contribution in [0.1, 0.15) is 11.3 Å². The van der Waals surface area contributed by atoms with E-state index in [-0.39, 0.29) is 4.90 Å². The zero-order chi connectivity index (χ0) is 13.9. The summed E-state index contributed by atoms with van der Waals surface area (Å²) in [5.41, 5.74) is 1.80. The van der Waals surface area contributed by atoms with E-state index in [0.29, 0.717) is 13.1 Å². The van der Waals surface area contributed by atoms with Gasteiger partial charge in [0.1, 0.15) is 0 Å². The van der Waals surface area contributed by atoms with Gasteiger partial charge in [0.05, 0.1) is 16.8 Å². The van der Waals surface area contributed by atoms with Crippen molar-refractivity contribution in [2.75, 3.05) is 0 Å². The smallest absolute Gasteiger partial charge is 0.238 e. The molecule has 0 radical (unpaired) electrons. The third-order valence-electron chi connectivity index (χ3n) is 2.67. The maximum Gasteiger partial charge on any atom is 0.238 e. The Balaban J connectivity index is 1.99. The molecule has 0 atom stereocenters. The van der Waals surface area contributed by atoms with Crippen LogP contribution in [0.3, 0.4) is 0 Å². The van der Waals surface area contributed by atoms with Crippen molar-refractivity contribution in [1.29, 1.82) is 0 Å². The zero-order valence-corrected chi connectivity index (χ0v) is 11.3. The first-order chi connectivity index (χ1) is 8.97. The van der Waals surface area contributed by atoms with Gasteiger partial charge in [-0.15, -0.1) is 5.10 Å². The maximum atomic E-state index is 11.2. The molecule has 0 aliphatic heterocycles. The van der Waals surface area contributed by atoms with Gasteiger partial charge in [-0.1, -0.05) is 17.3 Å². The number of nitrogens with two attached hydrogens (primary N) is 1. The summed E-state index contributed by atoms with van der Waals surface area (Å²) in [7, 11) is -1.84. The van der Waals surface area contributed by atoms with E-state index in [0.717, 1.165) is 11.3 Å². The molecule has 3 N–H and O–H groups in total. The van der Waals surface area contributed by atoms with Gasteiger partial charge in [0.2, 0.25) is 10.0 Å². The fourth-order valence-corrected chi connectivity index (χ4v) is 2.22. The topological polar surface area (TPSA) is 103 Å². The van der Waals surface area contributed by atoms with Crippen LogP contribution < -0.4 is 10.5 Å². The van der Waals surface area contributed by atoms with Crippen molar-refractivity contribution in [3.63, 3.8) is 0 Å². The van der Waals surface area contributed by atoms with Crippen LogP contribution in [0, 0.1) is 0 Å². The van der Waals surface area contributed by atoms with Crippen LogP contribution in [-0.4, -0.2) is 23.4 Å². The van der Waals surface area contributed by atoms with E-state index in [4.69, 9.17) is 5.14 Å². The first kappa shape index (κ1) is 13.7. The Bertz CT molecular complexity index is 665. The van der Waals surface area contributed by atoms with Crippen LogP contribution in [0.15, 0.2) is 35.4 Å². The van der Waals surface area contributed by atoms with Crippen LogP contribution in [-0.2, 0) is 30.2 Å². The Morgan fingerprint density at radius 2 is 2.16 bits per heavy atom. The molecule has 0 spiro atoms. The lowest BCUT2D eigenvalue weighted by atomic mass is 10.2. The summed E-state index contributed by atoms with van der Waals surface area (Å²) >= 11 is 0. The van der Waals surface area contributed by atoms with Crippen LogP contribution in [0.2, 0.25) is 0 Å². The molecule has 2 rings (SSSR count). The van der Waals surface area contributed by atoms with Gasteiger partial charge in [0.15, 0.2) is 0 Å². The predicted octanol–water partition coefficient (Wildman–Crippen LogP) is -0.248. The van der Waals surface area contributed by atoms with Crippen LogP contribution in [0.25, 0.3) is 0 Å². The highest BCUT2D eigenvalue weighted by Crippen LogP contribution is 2.09. The first-order valence-corrected chi connectivity index (χ1v) is 7.17. The zero-order valence-electron chi connectivity index (χ0n) is 10.4. The molecule has 0 saturated heterocycles. The lowest BCUT2D eigenvalue weighted by Gasteiger charge is -2.06. The molecule has 1 heterocycles. The minimum atomic E-state index is -3.65. The molecule has 19 heavy (non-hydrogen) atoms. The fourth-order valence-electron chi connectivity index (χ4n) is 1.64. The van der Waals surface area contributed by atoms with E-state index in [1.807, 2.05) is 13.1 Å². The van der Waals surface area contributed by atoms with Crippen LogP contribution in [0.4, 0.5) is 0 Å². The summed E-state index contributed by atoms with van der Waals surface area (Å²) in [5.74, 6) is 0. The standard InChI is InChI=1S/C11H15N5O2S/c1-16-10(8-14-15-16)7-13-6-9-3-2-4-11(5-9)19(12,17)18/h2-5,8,13H,6-7H2,1H3,(H2,12,17,18). The molecule has 102 valence electrons. The van der Waals surface area contributed by atoms with Gasteiger partial charge >= 0.3 is 0 Å². The van der Waals surface area contributed by atoms with Crippen molar-refractivity contribution in [1.82, 2.24) is 20.3 Å². The quantitative estimate of drug-likeness (QED) is 0.787. The van der Waals surface area contributed by atoms with E-state index in [2.05, 4.69) is 15.6 Å². The van der Waals surface area contributed by atoms with Crippen molar-refractivity contribution in [3.8, 4) is 0 Å². The van der Waals surface area contributed by atoms with Gasteiger partial charge in [0, 0.05) is 20.1 Å². The van der Waals surface area contributed by atoms with Gasteiger partial charge in [-0.05, 0) is 17.7 Å². The monoisotopic (exact) mass is 281 g/mol. The number of aryl methyl sites for hydroxylation is 1. The van der Waals surface area contributed by atoms with E-state index in [1.165, 1.54) is 6.07 Å². The number of rotatable bonds is 5. The number of primary sulfonamides is 1. The van der Waals surface area contributed by atoms with Crippen molar-refractivity contribution < 1.29 is 8.42 Å². The number of hydrogen-bond donors (Lipinski definition) is 2. The average Bonchev–Trinajstić information content (AvgIpc) is 2.75. The number of nitrogens with zero attached hydrogens (tertiary/aromatic N) is 3. The van der Waals surface area contributed by atoms with Crippen molar-refractivity contribution in [2.24, 2.45) is 12.2 Å². The maximum absolute atomic E-state index is 11.2. The molecule has 1 aromatic carbocycles. The minimum Gasteiger partial charge on any atom is -0.307 e. The molecule has 2 aromatic rings. The van der Waals surface area contributed by atoms with Gasteiger partial charge in [-0.2, -0.15) is 0 Å². The number of aromatic nitrogens is 3. The van der Waals surface area contributed by atoms with E-state index in [1.54, 1.807) is 23.0 Å². The molecule has 0 amide bonds. The molecule has 0 bridgehead atoms. The first-order valence-electron chi connectivity index (χ1n) is 5.63. The summed E-state index contributed by atoms with van der Waals surface area (Å²) < 4.78 is 24.1. The SMILES string of the molecule is Cn1nncc1CNCc1cccc(S(N)(=O)=O)c1. The van der Waals surface area contributed by atoms with E-state index >= 15 is 0 Å². The Kier molecular flexibility index (Phi) is 3.93. The third-order valence-corrected chi connectivity index (χ3v) is 3.58. The Morgan fingerprint density at radius 1 is 1.37 bits per heavy atom. The van der Waals surface area contributed by atoms with Crippen LogP contribution in [0.5, 0.6) is 0 Å².